The lowest BCUT2D eigenvalue weighted by Gasteiger charge is -2.35. The number of carbonyl (C=O) groups excluding carboxylic acids is 1. The first kappa shape index (κ1) is 57.0. The van der Waals surface area contributed by atoms with Gasteiger partial charge in [-0.05, 0) is 126 Å². The largest absolute Gasteiger partial charge is 0.490 e. The van der Waals surface area contributed by atoms with Gasteiger partial charge in [0.2, 0.25) is 12.0 Å². The lowest BCUT2D eigenvalue weighted by Crippen LogP contribution is -2.49. The van der Waals surface area contributed by atoms with Crippen molar-refractivity contribution < 1.29 is 51.8 Å². The molecule has 1 unspecified atom stereocenters. The molecule has 79 heavy (non-hydrogen) atoms. The van der Waals surface area contributed by atoms with Gasteiger partial charge in [0.15, 0.2) is 5.75 Å². The van der Waals surface area contributed by atoms with Gasteiger partial charge < -0.3 is 47.5 Å². The number of aromatic nitrogens is 4. The van der Waals surface area contributed by atoms with Crippen LogP contribution in [0, 0.1) is 19.7 Å². The van der Waals surface area contributed by atoms with Crippen LogP contribution in [0.25, 0.3) is 31.8 Å². The number of esters is 1. The number of halogens is 3. The van der Waals surface area contributed by atoms with Gasteiger partial charge in [0.25, 0.3) is 0 Å². The number of hydrogen-bond donors (Lipinski definition) is 0. The molecule has 3 atom stereocenters. The minimum Gasteiger partial charge on any atom is -0.490 e. The Morgan fingerprint density at radius 1 is 0.873 bits per heavy atom. The van der Waals surface area contributed by atoms with Crippen LogP contribution >= 0.6 is 34.5 Å². The summed E-state index contributed by atoms with van der Waals surface area (Å²) >= 11 is 16.2. The summed E-state index contributed by atoms with van der Waals surface area (Å²) in [4.78, 5) is 39.8. The van der Waals surface area contributed by atoms with Crippen molar-refractivity contribution in [3.63, 3.8) is 0 Å². The third kappa shape index (κ3) is 14.1. The molecule has 0 spiro atoms. The molecular formula is C59H69Cl2FN6O10S. The summed E-state index contributed by atoms with van der Waals surface area (Å²) in [6.07, 6.45) is 5.09. The maximum atomic E-state index is 14.7. The van der Waals surface area contributed by atoms with Crippen molar-refractivity contribution in [2.45, 2.75) is 109 Å². The van der Waals surface area contributed by atoms with E-state index in [9.17, 15) is 9.18 Å². The SMILES string of the molecule is Cc1c(Cl)c2c(Cl)c(C)c1-c1c(-c3ccc(F)cc3)sc3ncnc(c13)O[C@@H](C(=O)OC(C)(C)C)Cc1cc(ccc1OCc1ccnc(C3CCC(OCCOCC4COCCO4)CC3)n1)OC[C@@H](CN1CCN(C)CC1)O2. The predicted octanol–water partition coefficient (Wildman–Crippen LogP) is 10.7. The molecule has 20 heteroatoms. The number of thiophene rings is 1. The number of nitrogens with zero attached hydrogens (tertiary/aromatic N) is 6. The highest BCUT2D eigenvalue weighted by atomic mass is 35.5. The van der Waals surface area contributed by atoms with Crippen molar-refractivity contribution >= 4 is 50.7 Å². The van der Waals surface area contributed by atoms with Gasteiger partial charge in [-0.25, -0.2) is 29.1 Å². The molecule has 422 valence electrons. The minimum absolute atomic E-state index is 0.0151. The summed E-state index contributed by atoms with van der Waals surface area (Å²) in [6, 6.07) is 13.6. The zero-order chi connectivity index (χ0) is 55.2. The first-order valence-electron chi connectivity index (χ1n) is 27.2. The number of carbonyl (C=O) groups is 1. The lowest BCUT2D eigenvalue weighted by atomic mass is 9.87. The van der Waals surface area contributed by atoms with Gasteiger partial charge >= 0.3 is 5.97 Å². The molecule has 3 aromatic heterocycles. The average Bonchev–Trinajstić information content (AvgIpc) is 4.09. The topological polar surface area (TPSA) is 158 Å². The van der Waals surface area contributed by atoms with Crippen LogP contribution in [0.15, 0.2) is 61.1 Å². The van der Waals surface area contributed by atoms with Crippen LogP contribution in [0.5, 0.6) is 23.1 Å². The number of piperazine rings is 1. The van der Waals surface area contributed by atoms with Gasteiger partial charge in [-0.1, -0.05) is 35.3 Å². The average molecular weight is 1140 g/mol. The monoisotopic (exact) mass is 1140 g/mol. The van der Waals surface area contributed by atoms with Crippen molar-refractivity contribution in [3.05, 3.63) is 105 Å². The highest BCUT2D eigenvalue weighted by Crippen LogP contribution is 2.53. The Morgan fingerprint density at radius 2 is 1.65 bits per heavy atom. The third-order valence-corrected chi connectivity index (χ3v) is 16.7. The number of ether oxygens (including phenoxy) is 9. The van der Waals surface area contributed by atoms with E-state index in [1.165, 1.54) is 29.8 Å². The number of fused-ring (bicyclic) bond motifs is 7. The fourth-order valence-electron chi connectivity index (χ4n) is 10.5. The quantitative estimate of drug-likeness (QED) is 0.0748. The molecule has 1 aliphatic carbocycles. The van der Waals surface area contributed by atoms with Crippen molar-refractivity contribution in [2.75, 3.05) is 86.0 Å². The van der Waals surface area contributed by atoms with Gasteiger partial charge in [-0.15, -0.1) is 11.3 Å². The highest BCUT2D eigenvalue weighted by molar-refractivity contribution is 7.22. The first-order valence-corrected chi connectivity index (χ1v) is 28.8. The zero-order valence-electron chi connectivity index (χ0n) is 45.7. The molecule has 3 aromatic carbocycles. The minimum atomic E-state index is -1.26. The second-order valence-electron chi connectivity index (χ2n) is 21.7. The van der Waals surface area contributed by atoms with Crippen molar-refractivity contribution in [1.82, 2.24) is 29.7 Å². The third-order valence-electron chi connectivity index (χ3n) is 14.7. The van der Waals surface area contributed by atoms with Crippen LogP contribution in [0.1, 0.15) is 80.6 Å². The van der Waals surface area contributed by atoms with E-state index in [1.54, 1.807) is 18.3 Å². The van der Waals surface area contributed by atoms with Crippen LogP contribution in [-0.2, 0) is 41.5 Å². The maximum absolute atomic E-state index is 14.7. The fraction of sp³-hybridized carbons (Fsp3) is 0.508. The second-order valence-corrected chi connectivity index (χ2v) is 23.5. The van der Waals surface area contributed by atoms with E-state index in [2.05, 4.69) is 16.8 Å². The van der Waals surface area contributed by atoms with Gasteiger partial charge in [-0.2, -0.15) is 0 Å². The van der Waals surface area contributed by atoms with Crippen LogP contribution < -0.4 is 18.9 Å². The fourth-order valence-corrected chi connectivity index (χ4v) is 12.2. The van der Waals surface area contributed by atoms with Crippen molar-refractivity contribution in [3.8, 4) is 44.7 Å². The van der Waals surface area contributed by atoms with E-state index in [1.807, 2.05) is 58.9 Å². The Bertz CT molecular complexity index is 3040. The Hall–Kier alpha value is -5.28. The van der Waals surface area contributed by atoms with Crippen LogP contribution in [0.3, 0.4) is 0 Å². The molecule has 4 aliphatic heterocycles. The summed E-state index contributed by atoms with van der Waals surface area (Å²) in [5, 5.41) is 1.15. The summed E-state index contributed by atoms with van der Waals surface area (Å²) in [5.41, 5.74) is 3.87. The molecule has 16 nitrogen and oxygen atoms in total. The predicted molar refractivity (Wildman–Crippen MR) is 301 cm³/mol. The Morgan fingerprint density at radius 3 is 2.38 bits per heavy atom. The molecule has 4 bridgehead atoms. The molecular weight excluding hydrogens is 1070 g/mol. The maximum Gasteiger partial charge on any atom is 0.348 e. The number of hydrogen-bond acceptors (Lipinski definition) is 17. The van der Waals surface area contributed by atoms with Gasteiger partial charge in [0.05, 0.1) is 66.9 Å². The van der Waals surface area contributed by atoms with Gasteiger partial charge in [-0.3, -0.25) is 4.90 Å². The van der Waals surface area contributed by atoms with E-state index in [4.69, 9.17) is 85.8 Å². The number of benzene rings is 3. The summed E-state index contributed by atoms with van der Waals surface area (Å²) in [6.45, 7) is 16.8. The van der Waals surface area contributed by atoms with Crippen LogP contribution in [0.2, 0.25) is 10.0 Å². The molecule has 0 N–H and O–H groups in total. The van der Waals surface area contributed by atoms with E-state index in [0.29, 0.717) is 117 Å². The second kappa shape index (κ2) is 25.7. The standard InChI is InChI=1S/C59H69Cl2FN6O10S/c1-35-48-36(2)52(61)53(51(35)60)76-44(29-68-21-19-67(6)20-22-68)33-74-43-15-16-46(75-30-41-17-18-63-55(66-41)38-9-13-42(14-10-38)72-25-23-70-31-45-32-71-24-26-73-45)39(27-43)28-47(58(69)78-59(3,4)5)77-56-50-49(48)54(79-57(50)65-34-64-56)37-7-11-40(62)12-8-37/h7-8,11-12,15-18,27,34,38,42,44-45,47H,9-10,13-14,19-26,28-33H2,1-6H3/t38?,42?,44-,45?,47-/m1/s1. The highest BCUT2D eigenvalue weighted by Gasteiger charge is 2.34. The molecule has 0 amide bonds. The summed E-state index contributed by atoms with van der Waals surface area (Å²) in [7, 11) is 2.12. The number of likely N-dealkylation sites (N-methyl/N-ethyl adjacent to an activating group) is 1. The van der Waals surface area contributed by atoms with E-state index in [0.717, 1.165) is 68.1 Å². The molecule has 2 saturated heterocycles. The van der Waals surface area contributed by atoms with Gasteiger partial charge in [0, 0.05) is 67.3 Å². The Kier molecular flexibility index (Phi) is 18.5. The molecule has 11 rings (SSSR count). The Labute approximate surface area is 475 Å². The number of rotatable bonds is 14. The van der Waals surface area contributed by atoms with E-state index < -0.39 is 23.8 Å². The first-order chi connectivity index (χ1) is 38.1. The smallest absolute Gasteiger partial charge is 0.348 e. The van der Waals surface area contributed by atoms with Crippen LogP contribution in [0.4, 0.5) is 4.39 Å². The van der Waals surface area contributed by atoms with Gasteiger partial charge in [0.1, 0.15) is 65.3 Å². The molecule has 1 saturated carbocycles. The van der Waals surface area contributed by atoms with Crippen LogP contribution in [-0.4, -0.2) is 152 Å². The summed E-state index contributed by atoms with van der Waals surface area (Å²) < 4.78 is 71.0. The Balaban J connectivity index is 0.969. The molecule has 0 radical (unpaired) electrons. The van der Waals surface area contributed by atoms with Crippen molar-refractivity contribution in [1.29, 1.82) is 0 Å². The van der Waals surface area contributed by atoms with E-state index in [-0.39, 0.29) is 49.5 Å². The van der Waals surface area contributed by atoms with Crippen molar-refractivity contribution in [2.24, 2.45) is 0 Å². The molecule has 3 fully saturated rings. The van der Waals surface area contributed by atoms with E-state index >= 15 is 0 Å². The molecule has 6 aromatic rings. The molecule has 5 aliphatic rings. The lowest BCUT2D eigenvalue weighted by molar-refractivity contribution is -0.163. The normalized spacial score (nSPS) is 21.5. The summed E-state index contributed by atoms with van der Waals surface area (Å²) in [5.74, 6) is 1.40. The zero-order valence-corrected chi connectivity index (χ0v) is 48.0. The molecule has 7 heterocycles.